The summed E-state index contributed by atoms with van der Waals surface area (Å²) in [6.07, 6.45) is 13.5. The molecule has 0 N–H and O–H groups in total. The summed E-state index contributed by atoms with van der Waals surface area (Å²) in [5.41, 5.74) is 0. The fourth-order valence-electron chi connectivity index (χ4n) is 2.72. The molecule has 2 aliphatic carbocycles. The molecule has 0 radical (unpaired) electrons. The van der Waals surface area contributed by atoms with Gasteiger partial charge in [0, 0.05) is 6.92 Å². The highest BCUT2D eigenvalue weighted by Gasteiger charge is 2.14. The molecule has 2 aliphatic rings. The molecule has 2 saturated carbocycles. The number of rotatable bonds is 1. The van der Waals surface area contributed by atoms with Gasteiger partial charge in [-0.1, -0.05) is 59.3 Å². The lowest BCUT2D eigenvalue weighted by atomic mass is 9.91. The van der Waals surface area contributed by atoms with Crippen molar-refractivity contribution < 1.29 is 9.53 Å². The van der Waals surface area contributed by atoms with Crippen molar-refractivity contribution in [3.05, 3.63) is 0 Å². The van der Waals surface area contributed by atoms with Crippen LogP contribution in [0.1, 0.15) is 91.9 Å². The average Bonchev–Trinajstić information content (AvgIpc) is 2.43. The molecule has 2 rings (SSSR count). The standard InChI is InChI=1S/C8H14O2.C7H14.C2H6/c1-7(9)10-8-5-3-2-4-6-8;1-7-5-3-2-4-6-7;1-2/h8H,2-6H2,1H3;7H,2-6H2,1H3;1-2H3. The number of carbonyl (C=O) groups excluding carboxylic acids is 1. The summed E-state index contributed by atoms with van der Waals surface area (Å²) < 4.78 is 5.05. The minimum Gasteiger partial charge on any atom is -0.463 e. The summed E-state index contributed by atoms with van der Waals surface area (Å²) in [5.74, 6) is 0.903. The second kappa shape index (κ2) is 12.5. The van der Waals surface area contributed by atoms with Gasteiger partial charge in [-0.15, -0.1) is 0 Å². The van der Waals surface area contributed by atoms with Gasteiger partial charge in [0.2, 0.25) is 0 Å². The molecule has 0 aromatic rings. The van der Waals surface area contributed by atoms with Gasteiger partial charge in [0.15, 0.2) is 0 Å². The monoisotopic (exact) mass is 270 g/mol. The third kappa shape index (κ3) is 11.0. The molecule has 19 heavy (non-hydrogen) atoms. The zero-order chi connectivity index (χ0) is 14.5. The molecule has 0 heterocycles. The molecule has 114 valence electrons. The summed E-state index contributed by atoms with van der Waals surface area (Å²) in [5, 5.41) is 0. The second-order valence-corrected chi connectivity index (χ2v) is 5.61. The SMILES string of the molecule is CC.CC(=O)OC1CCCCC1.CC1CCCCC1. The van der Waals surface area contributed by atoms with E-state index in [-0.39, 0.29) is 12.1 Å². The van der Waals surface area contributed by atoms with Gasteiger partial charge in [-0.25, -0.2) is 0 Å². The number of hydrogen-bond donors (Lipinski definition) is 0. The van der Waals surface area contributed by atoms with Crippen LogP contribution in [0.2, 0.25) is 0 Å². The Morgan fingerprint density at radius 1 is 0.842 bits per heavy atom. The Labute approximate surface area is 120 Å². The lowest BCUT2D eigenvalue weighted by Gasteiger charge is -2.20. The van der Waals surface area contributed by atoms with E-state index >= 15 is 0 Å². The van der Waals surface area contributed by atoms with E-state index in [9.17, 15) is 4.79 Å². The Morgan fingerprint density at radius 3 is 1.58 bits per heavy atom. The van der Waals surface area contributed by atoms with Crippen LogP contribution in [-0.2, 0) is 9.53 Å². The first-order valence-corrected chi connectivity index (χ1v) is 8.35. The van der Waals surface area contributed by atoms with E-state index in [0.29, 0.717) is 0 Å². The summed E-state index contributed by atoms with van der Waals surface area (Å²) >= 11 is 0. The minimum atomic E-state index is -0.132. The Bertz CT molecular complexity index is 201. The van der Waals surface area contributed by atoms with Gasteiger partial charge in [0.25, 0.3) is 0 Å². The van der Waals surface area contributed by atoms with Crippen LogP contribution in [-0.4, -0.2) is 12.1 Å². The third-order valence-electron chi connectivity index (χ3n) is 3.78. The molecule has 0 bridgehead atoms. The molecule has 2 nitrogen and oxygen atoms in total. The lowest BCUT2D eigenvalue weighted by molar-refractivity contribution is -0.147. The summed E-state index contributed by atoms with van der Waals surface area (Å²) in [7, 11) is 0. The third-order valence-corrected chi connectivity index (χ3v) is 3.78. The highest BCUT2D eigenvalue weighted by molar-refractivity contribution is 5.66. The van der Waals surface area contributed by atoms with E-state index in [0.717, 1.165) is 18.8 Å². The van der Waals surface area contributed by atoms with Crippen molar-refractivity contribution in [1.82, 2.24) is 0 Å². The maximum Gasteiger partial charge on any atom is 0.302 e. The molecular weight excluding hydrogens is 236 g/mol. The van der Waals surface area contributed by atoms with Crippen molar-refractivity contribution in [3.63, 3.8) is 0 Å². The first kappa shape index (κ1) is 18.5. The first-order chi connectivity index (χ1) is 9.18. The molecule has 0 amide bonds. The molecule has 2 heteroatoms. The highest BCUT2D eigenvalue weighted by atomic mass is 16.5. The van der Waals surface area contributed by atoms with Crippen molar-refractivity contribution in [1.29, 1.82) is 0 Å². The van der Waals surface area contributed by atoms with E-state index in [4.69, 9.17) is 4.74 Å². The van der Waals surface area contributed by atoms with Crippen molar-refractivity contribution in [2.24, 2.45) is 5.92 Å². The quantitative estimate of drug-likeness (QED) is 0.588. The molecule has 2 fully saturated rings. The number of hydrogen-bond acceptors (Lipinski definition) is 2. The molecule has 0 atom stereocenters. The van der Waals surface area contributed by atoms with Gasteiger partial charge in [-0.2, -0.15) is 0 Å². The van der Waals surface area contributed by atoms with E-state index in [1.54, 1.807) is 0 Å². The Balaban J connectivity index is 0.000000316. The summed E-state index contributed by atoms with van der Waals surface area (Å²) in [6.45, 7) is 7.84. The van der Waals surface area contributed by atoms with Gasteiger partial charge >= 0.3 is 5.97 Å². The predicted molar refractivity (Wildman–Crippen MR) is 82.2 cm³/mol. The second-order valence-electron chi connectivity index (χ2n) is 5.61. The van der Waals surface area contributed by atoms with E-state index in [1.807, 2.05) is 13.8 Å². The Kier molecular flexibility index (Phi) is 12.2. The van der Waals surface area contributed by atoms with E-state index < -0.39 is 0 Å². The zero-order valence-corrected chi connectivity index (χ0v) is 13.5. The van der Waals surface area contributed by atoms with E-state index in [2.05, 4.69) is 6.92 Å². The fourth-order valence-corrected chi connectivity index (χ4v) is 2.72. The molecule has 0 unspecified atom stereocenters. The van der Waals surface area contributed by atoms with Crippen LogP contribution < -0.4 is 0 Å². The highest BCUT2D eigenvalue weighted by Crippen LogP contribution is 2.22. The zero-order valence-electron chi connectivity index (χ0n) is 13.5. The normalized spacial score (nSPS) is 20.4. The van der Waals surface area contributed by atoms with Crippen LogP contribution >= 0.6 is 0 Å². The van der Waals surface area contributed by atoms with Crippen LogP contribution in [0.5, 0.6) is 0 Å². The molecule has 0 aliphatic heterocycles. The minimum absolute atomic E-state index is 0.132. The maximum absolute atomic E-state index is 10.5. The van der Waals surface area contributed by atoms with Gasteiger partial charge < -0.3 is 4.74 Å². The van der Waals surface area contributed by atoms with Crippen molar-refractivity contribution >= 4 is 5.97 Å². The van der Waals surface area contributed by atoms with Crippen molar-refractivity contribution in [2.45, 2.75) is 98.0 Å². The van der Waals surface area contributed by atoms with Crippen LogP contribution in [0.25, 0.3) is 0 Å². The van der Waals surface area contributed by atoms with Gasteiger partial charge in [0.1, 0.15) is 6.10 Å². The largest absolute Gasteiger partial charge is 0.463 e. The van der Waals surface area contributed by atoms with Gasteiger partial charge in [0.05, 0.1) is 0 Å². The van der Waals surface area contributed by atoms with Crippen molar-refractivity contribution in [2.75, 3.05) is 0 Å². The molecular formula is C17H34O2. The molecule has 0 saturated heterocycles. The number of ether oxygens (including phenoxy) is 1. The number of esters is 1. The fraction of sp³-hybridized carbons (Fsp3) is 0.941. The predicted octanol–water partition coefficient (Wildman–Crippen LogP) is 5.50. The van der Waals surface area contributed by atoms with E-state index in [1.165, 1.54) is 58.3 Å². The van der Waals surface area contributed by atoms with Crippen LogP contribution in [0.3, 0.4) is 0 Å². The van der Waals surface area contributed by atoms with Crippen LogP contribution in [0, 0.1) is 5.92 Å². The van der Waals surface area contributed by atoms with Gasteiger partial charge in [-0.05, 0) is 31.6 Å². The number of carbonyl (C=O) groups is 1. The molecule has 0 aromatic heterocycles. The lowest BCUT2D eigenvalue weighted by Crippen LogP contribution is -2.18. The maximum atomic E-state index is 10.5. The molecule has 0 spiro atoms. The van der Waals surface area contributed by atoms with Crippen LogP contribution in [0.15, 0.2) is 0 Å². The average molecular weight is 270 g/mol. The topological polar surface area (TPSA) is 26.3 Å². The Hall–Kier alpha value is -0.530. The van der Waals surface area contributed by atoms with Crippen LogP contribution in [0.4, 0.5) is 0 Å². The molecule has 0 aromatic carbocycles. The Morgan fingerprint density at radius 2 is 1.26 bits per heavy atom. The van der Waals surface area contributed by atoms with Crippen molar-refractivity contribution in [3.8, 4) is 0 Å². The smallest absolute Gasteiger partial charge is 0.302 e. The first-order valence-electron chi connectivity index (χ1n) is 8.35. The summed E-state index contributed by atoms with van der Waals surface area (Å²) in [4.78, 5) is 10.5. The summed E-state index contributed by atoms with van der Waals surface area (Å²) in [6, 6.07) is 0. The van der Waals surface area contributed by atoms with Gasteiger partial charge in [-0.3, -0.25) is 4.79 Å².